The van der Waals surface area contributed by atoms with Crippen LogP contribution < -0.4 is 4.90 Å². The number of anilines is 1. The average Bonchev–Trinajstić information content (AvgIpc) is 3.46. The predicted molar refractivity (Wildman–Crippen MR) is 144 cm³/mol. The fraction of sp³-hybridized carbons (Fsp3) is 0.452. The van der Waals surface area contributed by atoms with Crippen LogP contribution in [-0.2, 0) is 5.41 Å². The van der Waals surface area contributed by atoms with Crippen LogP contribution in [0.1, 0.15) is 49.4 Å². The second-order valence-corrected chi connectivity index (χ2v) is 11.2. The molecule has 3 aromatic rings. The number of aromatic nitrogens is 1. The monoisotopic (exact) mass is 503 g/mol. The minimum absolute atomic E-state index is 0.211. The summed E-state index contributed by atoms with van der Waals surface area (Å²) < 4.78 is 33.4. The van der Waals surface area contributed by atoms with Gasteiger partial charge >= 0.3 is 0 Å². The number of nitrogens with zero attached hydrogens (tertiary/aromatic N) is 3. The summed E-state index contributed by atoms with van der Waals surface area (Å²) in [7, 11) is 0. The molecule has 1 aromatic heterocycles. The van der Waals surface area contributed by atoms with Crippen molar-refractivity contribution < 1.29 is 13.2 Å². The van der Waals surface area contributed by atoms with E-state index in [0.717, 1.165) is 51.6 Å². The highest BCUT2D eigenvalue weighted by molar-refractivity contribution is 5.65. The molecule has 2 aliphatic heterocycles. The molecule has 3 heterocycles. The number of hydrogen-bond donors (Lipinski definition) is 0. The zero-order chi connectivity index (χ0) is 25.6. The molecule has 2 atom stereocenters. The van der Waals surface area contributed by atoms with Gasteiger partial charge in [0.2, 0.25) is 0 Å². The van der Waals surface area contributed by atoms with Gasteiger partial charge in [0, 0.05) is 36.7 Å². The van der Waals surface area contributed by atoms with Gasteiger partial charge in [0.1, 0.15) is 11.6 Å². The maximum atomic E-state index is 13.7. The van der Waals surface area contributed by atoms with Crippen molar-refractivity contribution in [2.75, 3.05) is 37.6 Å². The van der Waals surface area contributed by atoms with Gasteiger partial charge in [-0.25, -0.2) is 8.78 Å². The summed E-state index contributed by atoms with van der Waals surface area (Å²) in [6, 6.07) is 12.9. The second-order valence-electron chi connectivity index (χ2n) is 11.2. The number of benzene rings is 2. The lowest BCUT2D eigenvalue weighted by Crippen LogP contribution is -2.48. The van der Waals surface area contributed by atoms with Crippen LogP contribution >= 0.6 is 0 Å². The average molecular weight is 504 g/mol. The van der Waals surface area contributed by atoms with E-state index in [1.165, 1.54) is 36.1 Å². The van der Waals surface area contributed by atoms with Crippen LogP contribution in [0, 0.1) is 30.4 Å². The molecule has 0 amide bonds. The van der Waals surface area contributed by atoms with Crippen molar-refractivity contribution in [1.82, 2.24) is 9.88 Å². The van der Waals surface area contributed by atoms with E-state index in [-0.39, 0.29) is 5.41 Å². The Morgan fingerprint density at radius 3 is 2.57 bits per heavy atom. The van der Waals surface area contributed by atoms with E-state index in [1.807, 2.05) is 6.92 Å². The van der Waals surface area contributed by atoms with Gasteiger partial charge in [0.15, 0.2) is 5.76 Å². The molecule has 0 bridgehead atoms. The van der Waals surface area contributed by atoms with Crippen LogP contribution in [0.3, 0.4) is 0 Å². The Labute approximate surface area is 218 Å². The predicted octanol–water partition coefficient (Wildman–Crippen LogP) is 6.84. The van der Waals surface area contributed by atoms with E-state index in [0.29, 0.717) is 34.9 Å². The fourth-order valence-electron chi connectivity index (χ4n) is 6.72. The third-order valence-electron chi connectivity index (χ3n) is 8.92. The Hall–Kier alpha value is -2.99. The first kappa shape index (κ1) is 24.4. The Balaban J connectivity index is 1.01. The van der Waals surface area contributed by atoms with E-state index in [4.69, 9.17) is 4.42 Å². The molecule has 3 aliphatic rings. The van der Waals surface area contributed by atoms with Crippen LogP contribution in [0.4, 0.5) is 14.8 Å². The number of aryl methyl sites for hydroxylation is 1. The standard InChI is InChI=1S/C31H35F2N3O/c1-21-20-35(16-12-31(21)11-7-24-5-3-4-6-28(24)31)13-8-23-9-14-36(15-10-23)30-34-22(2)29(37-30)25-17-26(32)19-27(33)18-25/h3-7,11,17-19,21,23H,8-10,12-16,20H2,1-2H3/t21-,31?/m0/s1. The maximum absolute atomic E-state index is 13.7. The van der Waals surface area contributed by atoms with E-state index in [1.54, 1.807) is 0 Å². The molecular weight excluding hydrogens is 468 g/mol. The summed E-state index contributed by atoms with van der Waals surface area (Å²) in [6.07, 6.45) is 9.42. The van der Waals surface area contributed by atoms with Gasteiger partial charge in [-0.3, -0.25) is 0 Å². The molecule has 2 fully saturated rings. The molecule has 6 heteroatoms. The van der Waals surface area contributed by atoms with Crippen molar-refractivity contribution in [1.29, 1.82) is 0 Å². The molecule has 0 radical (unpaired) electrons. The number of fused-ring (bicyclic) bond motifs is 2. The summed E-state index contributed by atoms with van der Waals surface area (Å²) in [4.78, 5) is 9.41. The number of hydrogen-bond acceptors (Lipinski definition) is 4. The number of rotatable bonds is 5. The minimum Gasteiger partial charge on any atom is -0.423 e. The lowest BCUT2D eigenvalue weighted by Gasteiger charge is -2.45. The first-order valence-corrected chi connectivity index (χ1v) is 13.6. The number of halogens is 2. The summed E-state index contributed by atoms with van der Waals surface area (Å²) in [5.41, 5.74) is 4.16. The van der Waals surface area contributed by atoms with Gasteiger partial charge in [-0.05, 0) is 80.8 Å². The van der Waals surface area contributed by atoms with Gasteiger partial charge in [-0.2, -0.15) is 4.98 Å². The highest BCUT2D eigenvalue weighted by atomic mass is 19.1. The number of allylic oxidation sites excluding steroid dienone is 1. The first-order valence-electron chi connectivity index (χ1n) is 13.6. The minimum atomic E-state index is -0.615. The van der Waals surface area contributed by atoms with E-state index in [9.17, 15) is 8.78 Å². The molecular formula is C31H35F2N3O. The Morgan fingerprint density at radius 2 is 1.81 bits per heavy atom. The third-order valence-corrected chi connectivity index (χ3v) is 8.92. The highest BCUT2D eigenvalue weighted by Gasteiger charge is 2.43. The van der Waals surface area contributed by atoms with E-state index < -0.39 is 11.6 Å². The van der Waals surface area contributed by atoms with Crippen molar-refractivity contribution in [3.8, 4) is 11.3 Å². The van der Waals surface area contributed by atoms with E-state index >= 15 is 0 Å². The van der Waals surface area contributed by atoms with Crippen LogP contribution in [0.15, 0.2) is 53.0 Å². The van der Waals surface area contributed by atoms with Crippen LogP contribution in [0.5, 0.6) is 0 Å². The smallest absolute Gasteiger partial charge is 0.298 e. The van der Waals surface area contributed by atoms with E-state index in [2.05, 4.69) is 58.1 Å². The van der Waals surface area contributed by atoms with Gasteiger partial charge < -0.3 is 14.2 Å². The third kappa shape index (κ3) is 4.61. The van der Waals surface area contributed by atoms with Crippen molar-refractivity contribution >= 4 is 12.1 Å². The molecule has 194 valence electrons. The Kier molecular flexibility index (Phi) is 6.39. The lowest BCUT2D eigenvalue weighted by atomic mass is 9.68. The Bertz CT molecular complexity index is 1290. The van der Waals surface area contributed by atoms with Gasteiger partial charge in [-0.15, -0.1) is 0 Å². The van der Waals surface area contributed by atoms with Crippen molar-refractivity contribution in [2.24, 2.45) is 11.8 Å². The summed E-state index contributed by atoms with van der Waals surface area (Å²) in [5.74, 6) is 0.513. The summed E-state index contributed by atoms with van der Waals surface area (Å²) >= 11 is 0. The SMILES string of the molecule is Cc1nc(N2CCC(CCN3CCC4(C=Cc5ccccc54)[C@@H](C)C3)CC2)oc1-c1cc(F)cc(F)c1. The van der Waals surface area contributed by atoms with Gasteiger partial charge in [-0.1, -0.05) is 43.3 Å². The molecule has 1 unspecified atom stereocenters. The zero-order valence-electron chi connectivity index (χ0n) is 21.7. The van der Waals surface area contributed by atoms with Crippen LogP contribution in [-0.4, -0.2) is 42.6 Å². The molecule has 4 nitrogen and oxygen atoms in total. The molecule has 2 aromatic carbocycles. The molecule has 0 saturated carbocycles. The molecule has 6 rings (SSSR count). The molecule has 2 saturated heterocycles. The first-order chi connectivity index (χ1) is 17.9. The molecule has 1 aliphatic carbocycles. The van der Waals surface area contributed by atoms with Crippen LogP contribution in [0.2, 0.25) is 0 Å². The number of oxazole rings is 1. The quantitative estimate of drug-likeness (QED) is 0.382. The van der Waals surface area contributed by atoms with Crippen molar-refractivity contribution in [3.63, 3.8) is 0 Å². The summed E-state index contributed by atoms with van der Waals surface area (Å²) in [5, 5.41) is 0. The summed E-state index contributed by atoms with van der Waals surface area (Å²) in [6.45, 7) is 9.48. The maximum Gasteiger partial charge on any atom is 0.298 e. The number of piperidine rings is 2. The van der Waals surface area contributed by atoms with Gasteiger partial charge in [0.25, 0.3) is 6.01 Å². The molecule has 1 spiro atoms. The second kappa shape index (κ2) is 9.71. The molecule has 37 heavy (non-hydrogen) atoms. The lowest BCUT2D eigenvalue weighted by molar-refractivity contribution is 0.120. The normalized spacial score (nSPS) is 24.2. The Morgan fingerprint density at radius 1 is 1.05 bits per heavy atom. The zero-order valence-corrected chi connectivity index (χ0v) is 21.7. The number of likely N-dealkylation sites (tertiary alicyclic amines) is 1. The van der Waals surface area contributed by atoms with Crippen molar-refractivity contribution in [3.05, 3.63) is 77.0 Å². The van der Waals surface area contributed by atoms with Gasteiger partial charge in [0.05, 0.1) is 5.69 Å². The largest absolute Gasteiger partial charge is 0.423 e. The van der Waals surface area contributed by atoms with Crippen molar-refractivity contribution in [2.45, 2.75) is 44.9 Å². The fourth-order valence-corrected chi connectivity index (χ4v) is 6.72. The van der Waals surface area contributed by atoms with Crippen LogP contribution in [0.25, 0.3) is 17.4 Å². The molecule has 0 N–H and O–H groups in total. The topological polar surface area (TPSA) is 32.5 Å². The highest BCUT2D eigenvalue weighted by Crippen LogP contribution is 2.46.